The van der Waals surface area contributed by atoms with E-state index in [1.807, 2.05) is 30.3 Å². The maximum Gasteiger partial charge on any atom is 0.288 e. The minimum Gasteiger partial charge on any atom is -0.267 e. The van der Waals surface area contributed by atoms with E-state index in [1.54, 1.807) is 0 Å². The first kappa shape index (κ1) is 18.6. The predicted molar refractivity (Wildman–Crippen MR) is 98.1 cm³/mol. The molecule has 0 bridgehead atoms. The number of hydrogen-bond acceptors (Lipinski definition) is 4. The minimum atomic E-state index is -0.626. The largest absolute Gasteiger partial charge is 0.288 e. The molecule has 2 aromatic rings. The van der Waals surface area contributed by atoms with Gasteiger partial charge in [0.1, 0.15) is 5.02 Å². The molecular weight excluding hydrogens is 342 g/mol. The lowest BCUT2D eigenvalue weighted by Crippen LogP contribution is -2.20. The average Bonchev–Trinajstić information content (AvgIpc) is 2.62. The third kappa shape index (κ3) is 5.12. The Hall–Kier alpha value is -2.73. The van der Waals surface area contributed by atoms with Gasteiger partial charge in [-0.05, 0) is 30.5 Å². The number of nitro groups is 1. The summed E-state index contributed by atoms with van der Waals surface area (Å²) in [5.74, 6) is -0.523. The lowest BCUT2D eigenvalue weighted by Gasteiger charge is -2.07. The first-order chi connectivity index (χ1) is 12.0. The number of nitro benzene ring substituents is 1. The summed E-state index contributed by atoms with van der Waals surface area (Å²) < 4.78 is 0. The Morgan fingerprint density at radius 1 is 1.20 bits per heavy atom. The van der Waals surface area contributed by atoms with Crippen LogP contribution in [0.15, 0.2) is 53.6 Å². The molecule has 130 valence electrons. The van der Waals surface area contributed by atoms with Crippen molar-refractivity contribution in [2.24, 2.45) is 5.10 Å². The van der Waals surface area contributed by atoms with Crippen molar-refractivity contribution in [3.05, 3.63) is 74.8 Å². The second kappa shape index (κ2) is 8.94. The number of nitrogens with zero attached hydrogens (tertiary/aromatic N) is 2. The van der Waals surface area contributed by atoms with Gasteiger partial charge in [0.2, 0.25) is 0 Å². The number of nitrogens with one attached hydrogen (secondary N) is 1. The first-order valence-electron chi connectivity index (χ1n) is 7.89. The molecule has 0 aromatic heterocycles. The van der Waals surface area contributed by atoms with Gasteiger partial charge in [0.15, 0.2) is 0 Å². The number of rotatable bonds is 7. The van der Waals surface area contributed by atoms with Gasteiger partial charge in [0.25, 0.3) is 11.6 Å². The molecule has 1 N–H and O–H groups in total. The summed E-state index contributed by atoms with van der Waals surface area (Å²) in [6, 6.07) is 13.5. The summed E-state index contributed by atoms with van der Waals surface area (Å²) in [6.07, 6.45) is 2.67. The van der Waals surface area contributed by atoms with Crippen molar-refractivity contribution >= 4 is 28.9 Å². The maximum atomic E-state index is 12.3. The zero-order valence-corrected chi connectivity index (χ0v) is 14.5. The molecule has 0 saturated carbocycles. The van der Waals surface area contributed by atoms with Crippen molar-refractivity contribution in [3.63, 3.8) is 0 Å². The molecule has 7 heteroatoms. The quantitative estimate of drug-likeness (QED) is 0.446. The molecule has 0 saturated heterocycles. The topological polar surface area (TPSA) is 84.6 Å². The van der Waals surface area contributed by atoms with E-state index in [-0.39, 0.29) is 16.3 Å². The fraction of sp³-hybridized carbons (Fsp3) is 0.222. The number of amides is 1. The van der Waals surface area contributed by atoms with Crippen LogP contribution in [0.4, 0.5) is 5.69 Å². The normalized spacial score (nSPS) is 11.2. The fourth-order valence-electron chi connectivity index (χ4n) is 2.22. The Morgan fingerprint density at radius 2 is 1.92 bits per heavy atom. The summed E-state index contributed by atoms with van der Waals surface area (Å²) in [6.45, 7) is 2.08. The molecule has 0 spiro atoms. The molecule has 25 heavy (non-hydrogen) atoms. The molecule has 2 aromatic carbocycles. The van der Waals surface area contributed by atoms with Crippen molar-refractivity contribution in [1.29, 1.82) is 0 Å². The lowest BCUT2D eigenvalue weighted by atomic mass is 10.1. The van der Waals surface area contributed by atoms with Crippen LogP contribution in [0.1, 0.15) is 42.1 Å². The number of unbranched alkanes of at least 4 members (excludes halogenated alkanes) is 1. The van der Waals surface area contributed by atoms with Crippen molar-refractivity contribution in [1.82, 2.24) is 5.43 Å². The van der Waals surface area contributed by atoms with E-state index in [0.29, 0.717) is 0 Å². The summed E-state index contributed by atoms with van der Waals surface area (Å²) >= 11 is 5.76. The molecule has 0 unspecified atom stereocenters. The van der Waals surface area contributed by atoms with Crippen LogP contribution in [0.5, 0.6) is 0 Å². The van der Waals surface area contributed by atoms with Crippen LogP contribution in [0.2, 0.25) is 5.02 Å². The Morgan fingerprint density at radius 3 is 2.56 bits per heavy atom. The van der Waals surface area contributed by atoms with Gasteiger partial charge < -0.3 is 0 Å². The van der Waals surface area contributed by atoms with E-state index in [2.05, 4.69) is 17.5 Å². The third-order valence-electron chi connectivity index (χ3n) is 3.57. The van der Waals surface area contributed by atoms with E-state index < -0.39 is 10.8 Å². The molecule has 2 rings (SSSR count). The van der Waals surface area contributed by atoms with Gasteiger partial charge in [-0.1, -0.05) is 55.3 Å². The molecule has 0 atom stereocenters. The van der Waals surface area contributed by atoms with Gasteiger partial charge in [-0.25, -0.2) is 5.43 Å². The highest BCUT2D eigenvalue weighted by molar-refractivity contribution is 6.32. The summed E-state index contributed by atoms with van der Waals surface area (Å²) in [7, 11) is 0. The summed E-state index contributed by atoms with van der Waals surface area (Å²) in [5.41, 5.74) is 3.98. The minimum absolute atomic E-state index is 0.0158. The van der Waals surface area contributed by atoms with Crippen LogP contribution >= 0.6 is 11.6 Å². The van der Waals surface area contributed by atoms with Crippen molar-refractivity contribution in [2.75, 3.05) is 0 Å². The van der Waals surface area contributed by atoms with Gasteiger partial charge in [-0.3, -0.25) is 14.9 Å². The highest BCUT2D eigenvalue weighted by Crippen LogP contribution is 2.25. The molecular formula is C18H18ClN3O3. The molecule has 0 aliphatic rings. The zero-order valence-electron chi connectivity index (χ0n) is 13.7. The van der Waals surface area contributed by atoms with E-state index in [9.17, 15) is 14.9 Å². The SMILES string of the molecule is CCCC/C(=N\NC(=O)c1ccc(Cl)c([N+](=O)[O-])c1)c1ccccc1. The monoisotopic (exact) mass is 359 g/mol. The van der Waals surface area contributed by atoms with Gasteiger partial charge in [0.05, 0.1) is 10.6 Å². The molecule has 0 heterocycles. The number of hydrazone groups is 1. The predicted octanol–water partition coefficient (Wildman–Crippen LogP) is 4.57. The van der Waals surface area contributed by atoms with Crippen LogP contribution < -0.4 is 5.43 Å². The number of benzene rings is 2. The van der Waals surface area contributed by atoms with Crippen LogP contribution in [0, 0.1) is 10.1 Å². The van der Waals surface area contributed by atoms with Crippen molar-refractivity contribution < 1.29 is 9.72 Å². The summed E-state index contributed by atoms with van der Waals surface area (Å²) in [4.78, 5) is 22.6. The van der Waals surface area contributed by atoms with Crippen LogP contribution in [-0.4, -0.2) is 16.5 Å². The Labute approximate surface area is 150 Å². The van der Waals surface area contributed by atoms with Crippen LogP contribution in [0.3, 0.4) is 0 Å². The Balaban J connectivity index is 2.21. The van der Waals surface area contributed by atoms with E-state index in [4.69, 9.17) is 11.6 Å². The van der Waals surface area contributed by atoms with E-state index in [1.165, 1.54) is 12.1 Å². The van der Waals surface area contributed by atoms with Crippen LogP contribution in [0.25, 0.3) is 0 Å². The Kier molecular flexibility index (Phi) is 6.65. The number of carbonyl (C=O) groups excluding carboxylic acids is 1. The van der Waals surface area contributed by atoms with E-state index >= 15 is 0 Å². The average molecular weight is 360 g/mol. The second-order valence-corrected chi connectivity index (χ2v) is 5.80. The first-order valence-corrected chi connectivity index (χ1v) is 8.27. The molecule has 0 aliphatic carbocycles. The Bertz CT molecular complexity index is 791. The highest BCUT2D eigenvalue weighted by atomic mass is 35.5. The second-order valence-electron chi connectivity index (χ2n) is 5.39. The van der Waals surface area contributed by atoms with Crippen LogP contribution in [-0.2, 0) is 0 Å². The molecule has 1 amide bonds. The van der Waals surface area contributed by atoms with Gasteiger partial charge in [-0.2, -0.15) is 5.10 Å². The number of carbonyl (C=O) groups is 1. The maximum absolute atomic E-state index is 12.3. The van der Waals surface area contributed by atoms with Crippen molar-refractivity contribution in [3.8, 4) is 0 Å². The number of halogens is 1. The van der Waals surface area contributed by atoms with Crippen molar-refractivity contribution in [2.45, 2.75) is 26.2 Å². The molecule has 6 nitrogen and oxygen atoms in total. The molecule has 0 fully saturated rings. The van der Waals surface area contributed by atoms with Gasteiger partial charge >= 0.3 is 0 Å². The summed E-state index contributed by atoms with van der Waals surface area (Å²) in [5, 5.41) is 15.1. The smallest absolute Gasteiger partial charge is 0.267 e. The molecule has 0 radical (unpaired) electrons. The third-order valence-corrected chi connectivity index (χ3v) is 3.89. The standard InChI is InChI=1S/C18H18ClN3O3/c1-2-3-9-16(13-7-5-4-6-8-13)20-21-18(23)14-10-11-15(19)17(12-14)22(24)25/h4-8,10-12H,2-3,9H2,1H3,(H,21,23)/b20-16+. The molecule has 0 aliphatic heterocycles. The lowest BCUT2D eigenvalue weighted by molar-refractivity contribution is -0.384. The number of hydrogen-bond donors (Lipinski definition) is 1. The highest BCUT2D eigenvalue weighted by Gasteiger charge is 2.16. The van der Waals surface area contributed by atoms with Gasteiger partial charge in [-0.15, -0.1) is 0 Å². The fourth-order valence-corrected chi connectivity index (χ4v) is 2.40. The zero-order chi connectivity index (χ0) is 18.2. The van der Waals surface area contributed by atoms with Gasteiger partial charge in [0, 0.05) is 11.6 Å². The van der Waals surface area contributed by atoms with E-state index in [0.717, 1.165) is 36.6 Å².